The monoisotopic (exact) mass is 279 g/mol. The number of hydrogen-bond donors (Lipinski definition) is 2. The molecule has 2 N–H and O–H groups in total. The zero-order valence-corrected chi connectivity index (χ0v) is 10.5. The maximum Gasteiger partial charge on any atom is 0.318 e. The van der Waals surface area contributed by atoms with Crippen LogP contribution in [0.2, 0.25) is 5.15 Å². The summed E-state index contributed by atoms with van der Waals surface area (Å²) in [6.45, 7) is 0. The minimum atomic E-state index is -1.53. The first-order valence-electron chi connectivity index (χ1n) is 5.49. The first-order chi connectivity index (χ1) is 8.99. The zero-order valence-electron chi connectivity index (χ0n) is 9.71. The smallest absolute Gasteiger partial charge is 0.318 e. The summed E-state index contributed by atoms with van der Waals surface area (Å²) in [5, 5.41) is 18.6. The summed E-state index contributed by atoms with van der Waals surface area (Å²) in [6.07, 6.45) is -0.193. The fourth-order valence-corrected chi connectivity index (χ4v) is 2.00. The third-order valence-electron chi connectivity index (χ3n) is 2.77. The highest BCUT2D eigenvalue weighted by Gasteiger charge is 2.27. The van der Waals surface area contributed by atoms with Gasteiger partial charge >= 0.3 is 11.9 Å². The number of aliphatic carboxylic acids is 2. The molecule has 1 aromatic carbocycles. The Balaban J connectivity index is 2.42. The topological polar surface area (TPSA) is 87.5 Å². The molecule has 2 aromatic rings. The van der Waals surface area contributed by atoms with Crippen molar-refractivity contribution in [2.45, 2.75) is 6.42 Å². The minimum absolute atomic E-state index is 0.131. The summed E-state index contributed by atoms with van der Waals surface area (Å²) in [5.41, 5.74) is 1.09. The van der Waals surface area contributed by atoms with Crippen LogP contribution < -0.4 is 0 Å². The fourth-order valence-electron chi connectivity index (χ4n) is 1.78. The van der Waals surface area contributed by atoms with E-state index >= 15 is 0 Å². The Morgan fingerprint density at radius 1 is 1.21 bits per heavy atom. The number of para-hydroxylation sites is 1. The summed E-state index contributed by atoms with van der Waals surface area (Å²) in [6, 6.07) is 8.87. The molecule has 0 spiro atoms. The van der Waals surface area contributed by atoms with Crippen LogP contribution in [-0.4, -0.2) is 27.1 Å². The molecule has 0 aliphatic heterocycles. The number of fused-ring (bicyclic) bond motifs is 1. The molecule has 6 heteroatoms. The molecule has 1 heterocycles. The Kier molecular flexibility index (Phi) is 3.66. The van der Waals surface area contributed by atoms with Crippen molar-refractivity contribution in [1.82, 2.24) is 4.98 Å². The van der Waals surface area contributed by atoms with E-state index in [1.165, 1.54) is 0 Å². The van der Waals surface area contributed by atoms with Crippen LogP contribution in [0.4, 0.5) is 0 Å². The van der Waals surface area contributed by atoms with Gasteiger partial charge < -0.3 is 10.2 Å². The van der Waals surface area contributed by atoms with Crippen LogP contribution in [0.1, 0.15) is 5.56 Å². The van der Waals surface area contributed by atoms with Gasteiger partial charge in [0.15, 0.2) is 5.92 Å². The van der Waals surface area contributed by atoms with E-state index in [9.17, 15) is 9.59 Å². The second-order valence-corrected chi connectivity index (χ2v) is 4.42. The molecule has 1 aromatic heterocycles. The number of rotatable bonds is 4. The first-order valence-corrected chi connectivity index (χ1v) is 5.86. The second-order valence-electron chi connectivity index (χ2n) is 4.06. The van der Waals surface area contributed by atoms with Crippen molar-refractivity contribution in [1.29, 1.82) is 0 Å². The van der Waals surface area contributed by atoms with Crippen LogP contribution in [0, 0.1) is 5.92 Å². The van der Waals surface area contributed by atoms with Gasteiger partial charge in [-0.1, -0.05) is 29.8 Å². The van der Waals surface area contributed by atoms with E-state index in [-0.39, 0.29) is 11.6 Å². The van der Waals surface area contributed by atoms with Crippen LogP contribution in [0.3, 0.4) is 0 Å². The molecule has 0 saturated heterocycles. The Morgan fingerprint density at radius 2 is 1.84 bits per heavy atom. The van der Waals surface area contributed by atoms with Gasteiger partial charge in [-0.3, -0.25) is 9.59 Å². The number of benzene rings is 1. The van der Waals surface area contributed by atoms with E-state index < -0.39 is 17.9 Å². The molecule has 0 fully saturated rings. The summed E-state index contributed by atoms with van der Waals surface area (Å²) in [4.78, 5) is 25.9. The van der Waals surface area contributed by atoms with Crippen molar-refractivity contribution in [3.63, 3.8) is 0 Å². The summed E-state index contributed by atoms with van der Waals surface area (Å²) in [5.74, 6) is -4.31. The number of nitrogens with zero attached hydrogens (tertiary/aromatic N) is 1. The molecule has 0 unspecified atom stereocenters. The molecule has 19 heavy (non-hydrogen) atoms. The van der Waals surface area contributed by atoms with E-state index in [0.717, 1.165) is 5.39 Å². The van der Waals surface area contributed by atoms with Crippen molar-refractivity contribution in [2.24, 2.45) is 5.92 Å². The van der Waals surface area contributed by atoms with Gasteiger partial charge in [0.1, 0.15) is 5.15 Å². The van der Waals surface area contributed by atoms with Gasteiger partial charge in [0.05, 0.1) is 5.52 Å². The lowest BCUT2D eigenvalue weighted by Crippen LogP contribution is -2.25. The highest BCUT2D eigenvalue weighted by molar-refractivity contribution is 6.30. The van der Waals surface area contributed by atoms with Gasteiger partial charge in [0, 0.05) is 5.39 Å². The maximum atomic E-state index is 10.9. The number of halogens is 1. The lowest BCUT2D eigenvalue weighted by Gasteiger charge is -2.09. The molecule has 0 radical (unpaired) electrons. The lowest BCUT2D eigenvalue weighted by atomic mass is 10.00. The van der Waals surface area contributed by atoms with Crippen molar-refractivity contribution in [3.05, 3.63) is 41.0 Å². The molecule has 0 atom stereocenters. The van der Waals surface area contributed by atoms with Gasteiger partial charge in [-0.05, 0) is 24.1 Å². The number of pyridine rings is 1. The Labute approximate surface area is 113 Å². The third-order valence-corrected chi connectivity index (χ3v) is 3.10. The van der Waals surface area contributed by atoms with Gasteiger partial charge in [-0.2, -0.15) is 0 Å². The summed E-state index contributed by atoms with van der Waals surface area (Å²) >= 11 is 5.96. The van der Waals surface area contributed by atoms with Crippen LogP contribution in [0.15, 0.2) is 30.3 Å². The second kappa shape index (κ2) is 5.24. The highest BCUT2D eigenvalue weighted by atomic mass is 35.5. The minimum Gasteiger partial charge on any atom is -0.481 e. The van der Waals surface area contributed by atoms with Crippen LogP contribution in [0.25, 0.3) is 10.9 Å². The summed E-state index contributed by atoms with van der Waals surface area (Å²) < 4.78 is 0. The molecule has 0 amide bonds. The average molecular weight is 280 g/mol. The summed E-state index contributed by atoms with van der Waals surface area (Å²) in [7, 11) is 0. The lowest BCUT2D eigenvalue weighted by molar-refractivity contribution is -0.154. The van der Waals surface area contributed by atoms with E-state index in [0.29, 0.717) is 11.1 Å². The Hall–Kier alpha value is -2.14. The number of carbonyl (C=O) groups is 2. The van der Waals surface area contributed by atoms with Crippen molar-refractivity contribution in [2.75, 3.05) is 0 Å². The number of carboxylic acid groups (broad SMARTS) is 2. The van der Waals surface area contributed by atoms with E-state index in [2.05, 4.69) is 4.98 Å². The maximum absolute atomic E-state index is 10.9. The largest absolute Gasteiger partial charge is 0.481 e. The first kappa shape index (κ1) is 13.3. The fraction of sp³-hybridized carbons (Fsp3) is 0.154. The Morgan fingerprint density at radius 3 is 2.47 bits per heavy atom. The molecule has 0 aliphatic carbocycles. The number of aromatic nitrogens is 1. The van der Waals surface area contributed by atoms with Gasteiger partial charge in [-0.25, -0.2) is 4.98 Å². The molecule has 0 bridgehead atoms. The normalized spacial score (nSPS) is 10.8. The molecule has 0 saturated carbocycles. The highest BCUT2D eigenvalue weighted by Crippen LogP contribution is 2.23. The Bertz CT molecular complexity index is 642. The predicted octanol–water partition coefficient (Wildman–Crippen LogP) is 2.22. The molecule has 5 nitrogen and oxygen atoms in total. The van der Waals surface area contributed by atoms with E-state index in [1.54, 1.807) is 18.2 Å². The molecule has 2 rings (SSSR count). The number of carboxylic acids is 2. The molecular weight excluding hydrogens is 270 g/mol. The molecule has 0 aliphatic rings. The van der Waals surface area contributed by atoms with Crippen LogP contribution >= 0.6 is 11.6 Å². The van der Waals surface area contributed by atoms with Crippen LogP contribution in [-0.2, 0) is 16.0 Å². The number of hydrogen-bond acceptors (Lipinski definition) is 3. The zero-order chi connectivity index (χ0) is 14.0. The third kappa shape index (κ3) is 2.82. The van der Waals surface area contributed by atoms with E-state index in [1.807, 2.05) is 12.1 Å². The average Bonchev–Trinajstić information content (AvgIpc) is 2.35. The van der Waals surface area contributed by atoms with Gasteiger partial charge in [0.2, 0.25) is 0 Å². The molecule has 98 valence electrons. The quantitative estimate of drug-likeness (QED) is 0.662. The van der Waals surface area contributed by atoms with Crippen molar-refractivity contribution in [3.8, 4) is 0 Å². The standard InChI is InChI=1S/C13H10ClNO4/c14-11-8(6-9(12(16)17)13(18)19)5-7-3-1-2-4-10(7)15-11/h1-5,9H,6H2,(H,16,17)(H,18,19). The predicted molar refractivity (Wildman–Crippen MR) is 69.2 cm³/mol. The molecular formula is C13H10ClNO4. The van der Waals surface area contributed by atoms with Gasteiger partial charge in [-0.15, -0.1) is 0 Å². The van der Waals surface area contributed by atoms with Gasteiger partial charge in [0.25, 0.3) is 0 Å². The van der Waals surface area contributed by atoms with Crippen LogP contribution in [0.5, 0.6) is 0 Å². The SMILES string of the molecule is O=C(O)C(Cc1cc2ccccc2nc1Cl)C(=O)O. The van der Waals surface area contributed by atoms with Crippen molar-refractivity contribution >= 4 is 34.4 Å². The van der Waals surface area contributed by atoms with E-state index in [4.69, 9.17) is 21.8 Å². The van der Waals surface area contributed by atoms with Crippen molar-refractivity contribution < 1.29 is 19.8 Å².